The minimum Gasteiger partial charge on any atom is -0.316 e. The second-order valence-electron chi connectivity index (χ2n) is 8.98. The van der Waals surface area contributed by atoms with Gasteiger partial charge in [0.05, 0.1) is 0 Å². The van der Waals surface area contributed by atoms with Gasteiger partial charge in [-0.2, -0.15) is 0 Å². The van der Waals surface area contributed by atoms with E-state index in [4.69, 9.17) is 0 Å². The van der Waals surface area contributed by atoms with Crippen LogP contribution < -0.4 is 10.6 Å². The third-order valence-corrected chi connectivity index (χ3v) is 5.94. The maximum atomic E-state index is 3.50. The molecule has 0 bridgehead atoms. The summed E-state index contributed by atoms with van der Waals surface area (Å²) in [6.45, 7) is 13.7. The van der Waals surface area contributed by atoms with E-state index >= 15 is 0 Å². The lowest BCUT2D eigenvalue weighted by Crippen LogP contribution is -2.33. The van der Waals surface area contributed by atoms with Crippen molar-refractivity contribution in [1.82, 2.24) is 15.5 Å². The summed E-state index contributed by atoms with van der Waals surface area (Å²) >= 11 is 0. The van der Waals surface area contributed by atoms with E-state index in [1.54, 1.807) is 0 Å². The molecule has 0 spiro atoms. The fraction of sp³-hybridized carbons (Fsp3) is 1.00. The van der Waals surface area contributed by atoms with Gasteiger partial charge < -0.3 is 15.5 Å². The van der Waals surface area contributed by atoms with E-state index in [-0.39, 0.29) is 0 Å². The van der Waals surface area contributed by atoms with Crippen molar-refractivity contribution in [2.75, 3.05) is 46.3 Å². The highest BCUT2D eigenvalue weighted by Gasteiger charge is 2.02. The van der Waals surface area contributed by atoms with Crippen LogP contribution in [0.3, 0.4) is 0 Å². The maximum Gasteiger partial charge on any atom is 0.0104 e. The van der Waals surface area contributed by atoms with Gasteiger partial charge in [0.25, 0.3) is 0 Å². The number of hydrogen-bond acceptors (Lipinski definition) is 3. The lowest BCUT2D eigenvalue weighted by atomic mass is 9.96. The van der Waals surface area contributed by atoms with Crippen LogP contribution in [0.1, 0.15) is 111 Å². The molecule has 0 amide bonds. The normalized spacial score (nSPS) is 12.8. The molecule has 0 aromatic heterocycles. The maximum absolute atomic E-state index is 3.50. The Labute approximate surface area is 178 Å². The first-order valence-corrected chi connectivity index (χ1v) is 12.8. The summed E-state index contributed by atoms with van der Waals surface area (Å²) in [7, 11) is 2.26. The molecule has 0 saturated carbocycles. The topological polar surface area (TPSA) is 27.3 Å². The van der Waals surface area contributed by atoms with Crippen LogP contribution in [0.2, 0.25) is 0 Å². The smallest absolute Gasteiger partial charge is 0.0104 e. The van der Waals surface area contributed by atoms with Crippen molar-refractivity contribution in [3.63, 3.8) is 0 Å². The van der Waals surface area contributed by atoms with Crippen LogP contribution in [-0.2, 0) is 0 Å². The molecule has 3 nitrogen and oxygen atoms in total. The molecule has 0 heterocycles. The van der Waals surface area contributed by atoms with E-state index in [0.29, 0.717) is 0 Å². The van der Waals surface area contributed by atoms with Gasteiger partial charge >= 0.3 is 0 Å². The predicted molar refractivity (Wildman–Crippen MR) is 128 cm³/mol. The van der Waals surface area contributed by atoms with Crippen molar-refractivity contribution in [3.8, 4) is 0 Å². The molecule has 170 valence electrons. The highest BCUT2D eigenvalue weighted by molar-refractivity contribution is 4.58. The van der Waals surface area contributed by atoms with Gasteiger partial charge in [0.2, 0.25) is 0 Å². The van der Waals surface area contributed by atoms with Crippen molar-refractivity contribution in [1.29, 1.82) is 0 Å². The molecule has 1 atom stereocenters. The molecule has 0 aliphatic heterocycles. The average Bonchev–Trinajstić information content (AvgIpc) is 2.69. The van der Waals surface area contributed by atoms with Gasteiger partial charge in [-0.1, -0.05) is 104 Å². The first kappa shape index (κ1) is 27.9. The third kappa shape index (κ3) is 22.2. The number of hydrogen-bond donors (Lipinski definition) is 2. The molecule has 2 N–H and O–H groups in total. The molecule has 0 aliphatic carbocycles. The zero-order valence-electron chi connectivity index (χ0n) is 20.2. The molecule has 0 fully saturated rings. The molecule has 28 heavy (non-hydrogen) atoms. The van der Waals surface area contributed by atoms with Crippen LogP contribution in [0.15, 0.2) is 0 Å². The Hall–Kier alpha value is -0.120. The van der Waals surface area contributed by atoms with Gasteiger partial charge in [-0.15, -0.1) is 0 Å². The van der Waals surface area contributed by atoms with E-state index in [0.717, 1.165) is 32.1 Å². The lowest BCUT2D eigenvalue weighted by Gasteiger charge is -2.17. The quantitative estimate of drug-likeness (QED) is 0.200. The largest absolute Gasteiger partial charge is 0.316 e. The Bertz CT molecular complexity index is 255. The molecule has 0 radical (unpaired) electrons. The second-order valence-corrected chi connectivity index (χ2v) is 8.98. The van der Waals surface area contributed by atoms with Crippen LogP contribution >= 0.6 is 0 Å². The number of nitrogens with zero attached hydrogens (tertiary/aromatic N) is 1. The minimum absolute atomic E-state index is 0.950. The highest BCUT2D eigenvalue weighted by atomic mass is 15.1. The number of unbranched alkanes of at least 4 members (excludes halogenated alkanes) is 10. The summed E-state index contributed by atoms with van der Waals surface area (Å²) in [6.07, 6.45) is 20.1. The van der Waals surface area contributed by atoms with E-state index < -0.39 is 0 Å². The van der Waals surface area contributed by atoms with Crippen molar-refractivity contribution in [2.45, 2.75) is 111 Å². The second kappa shape index (κ2) is 23.2. The van der Waals surface area contributed by atoms with Crippen LogP contribution in [0.5, 0.6) is 0 Å². The van der Waals surface area contributed by atoms with E-state index in [1.165, 1.54) is 103 Å². The zero-order valence-corrected chi connectivity index (χ0v) is 20.2. The van der Waals surface area contributed by atoms with Crippen LogP contribution in [-0.4, -0.2) is 51.2 Å². The zero-order chi connectivity index (χ0) is 20.7. The van der Waals surface area contributed by atoms with Crippen LogP contribution in [0.4, 0.5) is 0 Å². The Kier molecular flexibility index (Phi) is 23.1. The first-order chi connectivity index (χ1) is 13.7. The standard InChI is InChI=1S/C25H55N3/c1-5-7-8-9-12-15-18-25(3)19-16-13-10-11-14-17-23-28(4)24-22-27-21-20-26-6-2/h25-27H,5-24H2,1-4H3. The lowest BCUT2D eigenvalue weighted by molar-refractivity contribution is 0.321. The summed E-state index contributed by atoms with van der Waals surface area (Å²) in [6, 6.07) is 0. The van der Waals surface area contributed by atoms with Crippen molar-refractivity contribution in [3.05, 3.63) is 0 Å². The third-order valence-electron chi connectivity index (χ3n) is 5.94. The van der Waals surface area contributed by atoms with Gasteiger partial charge in [-0.05, 0) is 32.5 Å². The minimum atomic E-state index is 0.950. The van der Waals surface area contributed by atoms with Gasteiger partial charge in [-0.3, -0.25) is 0 Å². The average molecular weight is 398 g/mol. The van der Waals surface area contributed by atoms with Gasteiger partial charge in [0.15, 0.2) is 0 Å². The highest BCUT2D eigenvalue weighted by Crippen LogP contribution is 2.18. The Balaban J connectivity index is 3.23. The Morgan fingerprint density at radius 1 is 0.607 bits per heavy atom. The molecule has 0 aromatic carbocycles. The molecule has 1 unspecified atom stereocenters. The molecule has 0 rings (SSSR count). The molecular weight excluding hydrogens is 342 g/mol. The van der Waals surface area contributed by atoms with E-state index in [1.807, 2.05) is 0 Å². The molecule has 0 aromatic rings. The predicted octanol–water partition coefficient (Wildman–Crippen LogP) is 6.23. The van der Waals surface area contributed by atoms with Crippen LogP contribution in [0.25, 0.3) is 0 Å². The molecule has 3 heteroatoms. The number of nitrogens with one attached hydrogen (secondary N) is 2. The van der Waals surface area contributed by atoms with Crippen LogP contribution in [0, 0.1) is 5.92 Å². The first-order valence-electron chi connectivity index (χ1n) is 12.8. The van der Waals surface area contributed by atoms with Crippen molar-refractivity contribution >= 4 is 0 Å². The summed E-state index contributed by atoms with van der Waals surface area (Å²) < 4.78 is 0. The summed E-state index contributed by atoms with van der Waals surface area (Å²) in [5.41, 5.74) is 0. The number of likely N-dealkylation sites (N-methyl/N-ethyl adjacent to an activating group) is 2. The van der Waals surface area contributed by atoms with Gasteiger partial charge in [-0.25, -0.2) is 0 Å². The fourth-order valence-electron chi connectivity index (χ4n) is 3.86. The van der Waals surface area contributed by atoms with Gasteiger partial charge in [0.1, 0.15) is 0 Å². The summed E-state index contributed by atoms with van der Waals surface area (Å²) in [4.78, 5) is 2.48. The van der Waals surface area contributed by atoms with Gasteiger partial charge in [0, 0.05) is 26.2 Å². The summed E-state index contributed by atoms with van der Waals surface area (Å²) in [5.74, 6) is 0.950. The summed E-state index contributed by atoms with van der Waals surface area (Å²) in [5, 5.41) is 6.85. The van der Waals surface area contributed by atoms with E-state index in [2.05, 4.69) is 43.4 Å². The van der Waals surface area contributed by atoms with Crippen molar-refractivity contribution in [2.24, 2.45) is 5.92 Å². The SMILES string of the molecule is CCCCCCCCC(C)CCCCCCCCN(C)CCNCCNCC. The van der Waals surface area contributed by atoms with Crippen molar-refractivity contribution < 1.29 is 0 Å². The number of rotatable bonds is 23. The van der Waals surface area contributed by atoms with E-state index in [9.17, 15) is 0 Å². The molecule has 0 saturated heterocycles. The monoisotopic (exact) mass is 397 g/mol. The molecular formula is C25H55N3. The Morgan fingerprint density at radius 3 is 1.75 bits per heavy atom. The Morgan fingerprint density at radius 2 is 1.14 bits per heavy atom. The molecule has 0 aliphatic rings. The fourth-order valence-corrected chi connectivity index (χ4v) is 3.86.